The normalized spacial score (nSPS) is 17.1. The lowest BCUT2D eigenvalue weighted by atomic mass is 10.1. The summed E-state index contributed by atoms with van der Waals surface area (Å²) in [5.74, 6) is 0.624. The predicted octanol–water partition coefficient (Wildman–Crippen LogP) is 3.66. The van der Waals surface area contributed by atoms with E-state index in [-0.39, 0.29) is 0 Å². The third kappa shape index (κ3) is 2.28. The van der Waals surface area contributed by atoms with E-state index in [1.54, 1.807) is 6.07 Å². The second kappa shape index (κ2) is 3.30. The molecule has 2 rings (SSSR count). The van der Waals surface area contributed by atoms with Crippen LogP contribution in [0.1, 0.15) is 24.0 Å². The van der Waals surface area contributed by atoms with Gasteiger partial charge < -0.3 is 0 Å². The molecule has 1 fully saturated rings. The highest BCUT2D eigenvalue weighted by Crippen LogP contribution is 2.34. The molecular weight excluding hydrogens is 189 g/mol. The fourth-order valence-corrected chi connectivity index (χ4v) is 1.53. The van der Waals surface area contributed by atoms with Crippen LogP contribution >= 0.6 is 0 Å². The summed E-state index contributed by atoms with van der Waals surface area (Å²) < 4.78 is 37.0. The van der Waals surface area contributed by atoms with E-state index in [4.69, 9.17) is 0 Å². The number of halogens is 3. The molecule has 1 aromatic carbocycles. The molecule has 0 bridgehead atoms. The van der Waals surface area contributed by atoms with E-state index in [1.165, 1.54) is 12.1 Å². The van der Waals surface area contributed by atoms with Crippen LogP contribution in [0.2, 0.25) is 0 Å². The van der Waals surface area contributed by atoms with Gasteiger partial charge in [-0.25, -0.2) is 0 Å². The van der Waals surface area contributed by atoms with Crippen LogP contribution < -0.4 is 0 Å². The molecule has 0 spiro atoms. The molecule has 76 valence electrons. The molecule has 0 radical (unpaired) electrons. The van der Waals surface area contributed by atoms with E-state index in [2.05, 4.69) is 0 Å². The zero-order chi connectivity index (χ0) is 10.2. The number of rotatable bonds is 2. The topological polar surface area (TPSA) is 0 Å². The largest absolute Gasteiger partial charge is 0.416 e. The molecule has 1 aliphatic rings. The Labute approximate surface area is 80.7 Å². The van der Waals surface area contributed by atoms with Gasteiger partial charge in [0.05, 0.1) is 5.56 Å². The van der Waals surface area contributed by atoms with Crippen molar-refractivity contribution in [2.24, 2.45) is 5.92 Å². The van der Waals surface area contributed by atoms with Gasteiger partial charge in [0.2, 0.25) is 0 Å². The lowest BCUT2D eigenvalue weighted by Gasteiger charge is -2.08. The van der Waals surface area contributed by atoms with Gasteiger partial charge >= 0.3 is 6.18 Å². The molecule has 0 atom stereocenters. The Morgan fingerprint density at radius 2 is 1.93 bits per heavy atom. The van der Waals surface area contributed by atoms with Crippen LogP contribution in [0.4, 0.5) is 13.2 Å². The summed E-state index contributed by atoms with van der Waals surface area (Å²) in [6.07, 6.45) is -1.09. The molecular formula is C11H11F3. The lowest BCUT2D eigenvalue weighted by molar-refractivity contribution is -0.137. The molecule has 0 N–H and O–H groups in total. The first kappa shape index (κ1) is 9.56. The van der Waals surface area contributed by atoms with Gasteiger partial charge in [-0.1, -0.05) is 18.2 Å². The maximum absolute atomic E-state index is 12.3. The quantitative estimate of drug-likeness (QED) is 0.683. The van der Waals surface area contributed by atoms with Crippen molar-refractivity contribution in [1.82, 2.24) is 0 Å². The Balaban J connectivity index is 2.17. The van der Waals surface area contributed by atoms with Crippen LogP contribution in [0.5, 0.6) is 0 Å². The van der Waals surface area contributed by atoms with Gasteiger partial charge in [-0.15, -0.1) is 0 Å². The molecule has 14 heavy (non-hydrogen) atoms. The highest BCUT2D eigenvalue weighted by molar-refractivity contribution is 5.26. The van der Waals surface area contributed by atoms with E-state index in [9.17, 15) is 13.2 Å². The standard InChI is InChI=1S/C11H11F3/c12-11(13,14)10-3-1-2-9(7-10)6-8-4-5-8/h1-3,7-8H,4-6H2. The molecule has 0 nitrogen and oxygen atoms in total. The smallest absolute Gasteiger partial charge is 0.166 e. The third-order valence-electron chi connectivity index (χ3n) is 2.48. The van der Waals surface area contributed by atoms with Crippen LogP contribution in [-0.4, -0.2) is 0 Å². The fourth-order valence-electron chi connectivity index (χ4n) is 1.53. The fraction of sp³-hybridized carbons (Fsp3) is 0.455. The first-order chi connectivity index (χ1) is 6.55. The molecule has 0 aliphatic heterocycles. The summed E-state index contributed by atoms with van der Waals surface area (Å²) >= 11 is 0. The van der Waals surface area contributed by atoms with Crippen molar-refractivity contribution >= 4 is 0 Å². The maximum atomic E-state index is 12.3. The van der Waals surface area contributed by atoms with Crippen LogP contribution in [0.3, 0.4) is 0 Å². The summed E-state index contributed by atoms with van der Waals surface area (Å²) in [6, 6.07) is 5.64. The molecule has 0 saturated heterocycles. The zero-order valence-corrected chi connectivity index (χ0v) is 7.64. The monoisotopic (exact) mass is 200 g/mol. The Hall–Kier alpha value is -0.990. The van der Waals surface area contributed by atoms with E-state index in [0.717, 1.165) is 30.9 Å². The third-order valence-corrected chi connectivity index (χ3v) is 2.48. The summed E-state index contributed by atoms with van der Waals surface area (Å²) in [4.78, 5) is 0. The van der Waals surface area contributed by atoms with Crippen molar-refractivity contribution in [2.75, 3.05) is 0 Å². The maximum Gasteiger partial charge on any atom is 0.416 e. The van der Waals surface area contributed by atoms with E-state index >= 15 is 0 Å². The van der Waals surface area contributed by atoms with E-state index in [0.29, 0.717) is 5.92 Å². The Morgan fingerprint density at radius 1 is 1.21 bits per heavy atom. The van der Waals surface area contributed by atoms with Crippen molar-refractivity contribution < 1.29 is 13.2 Å². The average Bonchev–Trinajstić information content (AvgIpc) is 2.87. The Morgan fingerprint density at radius 3 is 2.50 bits per heavy atom. The first-order valence-electron chi connectivity index (χ1n) is 4.72. The number of hydrogen-bond acceptors (Lipinski definition) is 0. The molecule has 0 heterocycles. The van der Waals surface area contributed by atoms with Gasteiger partial charge in [0, 0.05) is 0 Å². The predicted molar refractivity (Wildman–Crippen MR) is 47.9 cm³/mol. The van der Waals surface area contributed by atoms with Gasteiger partial charge in [0.15, 0.2) is 0 Å². The van der Waals surface area contributed by atoms with Gasteiger partial charge in [0.1, 0.15) is 0 Å². The molecule has 3 heteroatoms. The lowest BCUT2D eigenvalue weighted by Crippen LogP contribution is -2.05. The zero-order valence-electron chi connectivity index (χ0n) is 7.64. The molecule has 1 aromatic rings. The highest BCUT2D eigenvalue weighted by atomic mass is 19.4. The van der Waals surface area contributed by atoms with Crippen molar-refractivity contribution in [3.05, 3.63) is 35.4 Å². The average molecular weight is 200 g/mol. The van der Waals surface area contributed by atoms with Crippen LogP contribution in [-0.2, 0) is 12.6 Å². The van der Waals surface area contributed by atoms with Gasteiger partial charge in [-0.2, -0.15) is 13.2 Å². The van der Waals surface area contributed by atoms with Crippen molar-refractivity contribution in [3.63, 3.8) is 0 Å². The van der Waals surface area contributed by atoms with Crippen molar-refractivity contribution in [3.8, 4) is 0 Å². The molecule has 1 aliphatic carbocycles. The number of hydrogen-bond donors (Lipinski definition) is 0. The highest BCUT2D eigenvalue weighted by Gasteiger charge is 2.31. The second-order valence-electron chi connectivity index (χ2n) is 3.85. The van der Waals surface area contributed by atoms with Gasteiger partial charge in [-0.3, -0.25) is 0 Å². The van der Waals surface area contributed by atoms with Crippen LogP contribution in [0.15, 0.2) is 24.3 Å². The molecule has 1 saturated carbocycles. The van der Waals surface area contributed by atoms with Gasteiger partial charge in [0.25, 0.3) is 0 Å². The second-order valence-corrected chi connectivity index (χ2v) is 3.85. The van der Waals surface area contributed by atoms with Crippen molar-refractivity contribution in [2.45, 2.75) is 25.4 Å². The van der Waals surface area contributed by atoms with E-state index in [1.807, 2.05) is 0 Å². The molecule has 0 unspecified atom stereocenters. The molecule has 0 aromatic heterocycles. The molecule has 0 amide bonds. The number of alkyl halides is 3. The van der Waals surface area contributed by atoms with E-state index < -0.39 is 11.7 Å². The number of benzene rings is 1. The van der Waals surface area contributed by atoms with Crippen LogP contribution in [0, 0.1) is 5.92 Å². The van der Waals surface area contributed by atoms with Crippen molar-refractivity contribution in [1.29, 1.82) is 0 Å². The SMILES string of the molecule is FC(F)(F)c1cccc(CC2CC2)c1. The minimum atomic E-state index is -4.21. The van der Waals surface area contributed by atoms with Gasteiger partial charge in [-0.05, 0) is 36.8 Å². The summed E-state index contributed by atoms with van der Waals surface area (Å²) in [5.41, 5.74) is 0.276. The summed E-state index contributed by atoms with van der Waals surface area (Å²) in [7, 11) is 0. The Bertz CT molecular complexity index is 324. The Kier molecular flexibility index (Phi) is 2.25. The minimum Gasteiger partial charge on any atom is -0.166 e. The first-order valence-corrected chi connectivity index (χ1v) is 4.72. The summed E-state index contributed by atoms with van der Waals surface area (Å²) in [6.45, 7) is 0. The van der Waals surface area contributed by atoms with Crippen LogP contribution in [0.25, 0.3) is 0 Å². The summed E-state index contributed by atoms with van der Waals surface area (Å²) in [5, 5.41) is 0. The minimum absolute atomic E-state index is 0.532.